The number of carboxylic acid groups (broad SMARTS) is 1. The van der Waals surface area contributed by atoms with E-state index in [-0.39, 0.29) is 135 Å². The molecule has 852 valence electrons. The largest absolute Gasteiger partial charge is 0.481 e. The molecule has 4 heterocycles. The van der Waals surface area contributed by atoms with Crippen LogP contribution in [-0.2, 0) is 81.0 Å². The van der Waals surface area contributed by atoms with Crippen LogP contribution in [-0.4, -0.2) is 131 Å². The van der Waals surface area contributed by atoms with Crippen molar-refractivity contribution in [1.82, 2.24) is 0 Å². The lowest BCUT2D eigenvalue weighted by molar-refractivity contribution is -0.373. The highest BCUT2D eigenvalue weighted by molar-refractivity contribution is 5.96. The van der Waals surface area contributed by atoms with Gasteiger partial charge in [-0.05, 0) is 440 Å². The highest BCUT2D eigenvalue weighted by Crippen LogP contribution is 2.71. The van der Waals surface area contributed by atoms with Gasteiger partial charge in [-0.2, -0.15) is 26.3 Å². The molecule has 25 rings (SSSR count). The molecule has 0 aromatic heterocycles. The summed E-state index contributed by atoms with van der Waals surface area (Å²) < 4.78 is 120. The van der Waals surface area contributed by atoms with Gasteiger partial charge in [0.25, 0.3) is 5.60 Å². The number of aliphatic carboxylic acids is 1. The fourth-order valence-corrected chi connectivity index (χ4v) is 39.4. The van der Waals surface area contributed by atoms with E-state index in [1.807, 2.05) is 27.7 Å². The maximum Gasteiger partial charge on any atom is 0.426 e. The Hall–Kier alpha value is -5.07. The summed E-state index contributed by atoms with van der Waals surface area (Å²) in [6, 6.07) is 0. The average Bonchev–Trinajstić information content (AvgIpc) is 1.36. The number of fused-ring (bicyclic) bond motifs is 22. The van der Waals surface area contributed by atoms with E-state index in [9.17, 15) is 79.7 Å². The van der Waals surface area contributed by atoms with E-state index in [4.69, 9.17) is 33.2 Å². The van der Waals surface area contributed by atoms with Gasteiger partial charge >= 0.3 is 66.1 Å². The third-order valence-corrected chi connectivity index (χ3v) is 49.4. The first-order valence-electron chi connectivity index (χ1n) is 61.3. The first-order valence-corrected chi connectivity index (χ1v) is 61.3. The van der Waals surface area contributed by atoms with Crippen molar-refractivity contribution in [3.8, 4) is 0 Å². The van der Waals surface area contributed by atoms with E-state index in [2.05, 4.69) is 116 Å². The monoisotopic (exact) mass is 2120 g/mol. The fourth-order valence-electron chi connectivity index (χ4n) is 39.4. The number of hydrogen-bond acceptors (Lipinski definition) is 18. The van der Waals surface area contributed by atoms with Crippen LogP contribution < -0.4 is 0 Å². The number of carbonyl (C=O) groups is 9. The van der Waals surface area contributed by atoms with Gasteiger partial charge < -0.3 is 48.1 Å². The minimum Gasteiger partial charge on any atom is -0.481 e. The number of carboxylic acids is 1. The molecule has 18 bridgehead atoms. The van der Waals surface area contributed by atoms with Crippen LogP contribution in [0.4, 0.5) is 26.3 Å². The van der Waals surface area contributed by atoms with Crippen molar-refractivity contribution < 1.29 is 118 Å². The number of ether oxygens (including phenoxy) is 8. The van der Waals surface area contributed by atoms with Crippen LogP contribution in [0.1, 0.15) is 396 Å². The third-order valence-electron chi connectivity index (χ3n) is 49.4. The lowest BCUT2D eigenvalue weighted by Crippen LogP contribution is -2.58. The van der Waals surface area contributed by atoms with Crippen LogP contribution in [0.2, 0.25) is 0 Å². The smallest absolute Gasteiger partial charge is 0.426 e. The molecule has 4 saturated heterocycles. The molecule has 25 aliphatic rings. The van der Waals surface area contributed by atoms with Gasteiger partial charge in [0.1, 0.15) is 16.8 Å². The molecule has 21 aliphatic carbocycles. The predicted molar refractivity (Wildman–Crippen MR) is 560 cm³/mol. The fraction of sp³-hybridized carbons (Fsp3) is 0.928. The topological polar surface area (TPSA) is 268 Å². The van der Waals surface area contributed by atoms with Crippen LogP contribution in [0, 0.1) is 265 Å². The molecule has 0 aromatic carbocycles. The zero-order chi connectivity index (χ0) is 109. The first kappa shape index (κ1) is 117. The number of esters is 8. The Morgan fingerprint density at radius 1 is 0.427 bits per heavy atom. The summed E-state index contributed by atoms with van der Waals surface area (Å²) in [5.74, 6) is 22.6. The molecule has 2 N–H and O–H groups in total. The summed E-state index contributed by atoms with van der Waals surface area (Å²) in [7, 11) is 1.50. The second-order valence-corrected chi connectivity index (χ2v) is 55.8. The maximum atomic E-state index is 13.1. The Morgan fingerprint density at radius 3 is 1.29 bits per heavy atom. The van der Waals surface area contributed by atoms with Crippen molar-refractivity contribution in [1.29, 1.82) is 0 Å². The summed E-state index contributed by atoms with van der Waals surface area (Å²) in [5.41, 5.74) is -5.03. The van der Waals surface area contributed by atoms with Gasteiger partial charge in [0, 0.05) is 11.3 Å². The Bertz CT molecular complexity index is 4620. The van der Waals surface area contributed by atoms with E-state index < -0.39 is 48.2 Å². The van der Waals surface area contributed by atoms with E-state index >= 15 is 0 Å². The molecule has 0 radical (unpaired) electrons. The van der Waals surface area contributed by atoms with Gasteiger partial charge in [-0.3, -0.25) is 43.2 Å². The SMILES string of the molecule is CC1C(=O)OC(=O)C1C.CC1C2CC(C1C)C1(COC(=O)C1)C2.CC1C2CC(CC(O)(C(F)(F)F)C(F)(F)F)C(C2)C1C.CCC(C)(C)C(=O)OC1(C)C2CC3CC(C2)CC1C3.CCC1(OC(=O)C2CC3CC2C(C)C3C)CC2CCC1C2.CCC1CC(CC)C2C3CC(CC3C(=O)O)C12.CCC1CC(CC)C2C3CC(CC3C(=O)OC3(CC)CCCC3)C12.CCC1OC(CC)C2C(=O)OCC12.COC(=O)C1CC2CC1C(C)C2C. The lowest BCUT2D eigenvalue weighted by Gasteiger charge is -2.59. The Labute approximate surface area is 895 Å². The molecule has 4 aliphatic heterocycles. The molecule has 21 saturated carbocycles. The van der Waals surface area contributed by atoms with Crippen LogP contribution in [0.3, 0.4) is 0 Å². The van der Waals surface area contributed by atoms with E-state index in [0.29, 0.717) is 97.6 Å². The van der Waals surface area contributed by atoms with Crippen molar-refractivity contribution in [2.75, 3.05) is 20.3 Å². The highest BCUT2D eigenvalue weighted by atomic mass is 19.4. The zero-order valence-corrected chi connectivity index (χ0v) is 95.9. The number of halogens is 6. The summed E-state index contributed by atoms with van der Waals surface area (Å²) in [4.78, 5) is 105. The summed E-state index contributed by atoms with van der Waals surface area (Å²) in [5, 5.41) is 18.6. The summed E-state index contributed by atoms with van der Waals surface area (Å²) in [6.07, 6.45) is 30.5. The first-order chi connectivity index (χ1) is 70.7. The number of hydrogen-bond donors (Lipinski definition) is 2. The van der Waals surface area contributed by atoms with Gasteiger partial charge in [0.15, 0.2) is 0 Å². The number of methoxy groups -OCH3 is 1. The minimum absolute atomic E-state index is 0.00842. The molecular formula is C125H196F6O19. The van der Waals surface area contributed by atoms with Crippen molar-refractivity contribution in [2.24, 2.45) is 265 Å². The molecule has 43 atom stereocenters. The quantitative estimate of drug-likeness (QED) is 0.0526. The van der Waals surface area contributed by atoms with Crippen LogP contribution in [0.25, 0.3) is 0 Å². The zero-order valence-electron chi connectivity index (χ0n) is 95.9. The van der Waals surface area contributed by atoms with Crippen molar-refractivity contribution in [2.45, 2.75) is 443 Å². The van der Waals surface area contributed by atoms with Gasteiger partial charge in [0.2, 0.25) is 0 Å². The van der Waals surface area contributed by atoms with Crippen molar-refractivity contribution in [3.63, 3.8) is 0 Å². The third kappa shape index (κ3) is 22.0. The Balaban J connectivity index is 0.000000121. The molecule has 25 heteroatoms. The molecular weight excluding hydrogens is 1920 g/mol. The van der Waals surface area contributed by atoms with Gasteiger partial charge in [-0.1, -0.05) is 157 Å². The van der Waals surface area contributed by atoms with Gasteiger partial charge in [-0.25, -0.2) is 0 Å². The number of carbonyl (C=O) groups excluding carboxylic acids is 8. The highest BCUT2D eigenvalue weighted by Gasteiger charge is 2.73. The molecule has 25 fully saturated rings. The molecule has 0 aromatic rings. The second kappa shape index (κ2) is 46.0. The maximum absolute atomic E-state index is 13.1. The van der Waals surface area contributed by atoms with Crippen molar-refractivity contribution >= 4 is 53.7 Å². The number of cyclic esters (lactones) is 4. The van der Waals surface area contributed by atoms with Crippen LogP contribution in [0.5, 0.6) is 0 Å². The molecule has 43 unspecified atom stereocenters. The van der Waals surface area contributed by atoms with Gasteiger partial charge in [0.05, 0.1) is 85.8 Å². The molecule has 19 nitrogen and oxygen atoms in total. The average molecular weight is 2120 g/mol. The second-order valence-electron chi connectivity index (χ2n) is 55.8. The summed E-state index contributed by atoms with van der Waals surface area (Å²) in [6.45, 7) is 48.8. The number of aliphatic hydroxyl groups is 1. The van der Waals surface area contributed by atoms with Crippen LogP contribution in [0.15, 0.2) is 0 Å². The lowest BCUT2D eigenvalue weighted by atomic mass is 9.50. The number of rotatable bonds is 19. The Morgan fingerprint density at radius 2 is 0.887 bits per heavy atom. The standard InChI is InChI=1S/C22H36O2.C19H30O2.C17H28O2.C15H24O2.C13H18F6O.C12H18O2.C11H18O2.C10H16O3.C6H8O3/c1-4-14-11-15(5-2)20-17-12-16(19(14)20)13-18(17)21(23)24-22(6-3)9-7-8-10-22;1-4-19(10-13-5-6-15(19)7-13)21-18(20)17-9-14-8-16(17)12(3)11(14)2;1-5-16(2,3)15(18)19-17(4)13-7-11-6-12(9-13)10-14(17)8-11;1-3-8-5-9(4-2)14-11-6-10(13(8)14)7-12(11)15(16)17;1-6-7(2)10-4-8(6)3-9(10)5-11(20,12(14,15)16)13(17,18)19;1-7-8(2)10-3-9(7)4-12(10)5-11(13)14-6-12;1-6-7(2)9-4-8(6)5-10(9)11(12)13-3;1-3-7-6-5-12-10(11)9(6)8(4-2)13-7;1-3-4(2)6(8)9-5(3)7/h14-20H,4-13H2,1-3H3;11-17H,4-10H2,1-3H3;11-14H,5-10H2,1-4H3;8-14H,3-7H2,1-2H3,(H,16,17);6-10,20H,3-5H2,1-2H3;7-10H,3-6H2,1-2H3;6-10H,4-5H2,1-3H3;6-9H,3-5H2,1-2H3;3-4H,1-2H3. The molecule has 1 spiro atoms. The van der Waals surface area contributed by atoms with E-state index in [1.54, 1.807) is 13.8 Å². The molecule has 150 heavy (non-hydrogen) atoms. The van der Waals surface area contributed by atoms with E-state index in [1.165, 1.54) is 148 Å². The predicted octanol–water partition coefficient (Wildman–Crippen LogP) is 27.8. The van der Waals surface area contributed by atoms with Crippen molar-refractivity contribution in [3.05, 3.63) is 0 Å². The van der Waals surface area contributed by atoms with Crippen LogP contribution >= 0.6 is 0 Å². The van der Waals surface area contributed by atoms with Gasteiger partial charge in [-0.15, -0.1) is 0 Å². The minimum atomic E-state index is -5.69. The Kier molecular flexibility index (Phi) is 36.0. The normalized spacial score (nSPS) is 46.7. The summed E-state index contributed by atoms with van der Waals surface area (Å²) >= 11 is 0. The van der Waals surface area contributed by atoms with E-state index in [0.717, 1.165) is 201 Å². The number of alkyl halides is 6. The molecule has 0 amide bonds.